The fraction of sp³-hybridized carbons (Fsp3) is 0.905. The van der Waals surface area contributed by atoms with E-state index in [0.29, 0.717) is 3.93 Å². The zero-order valence-electron chi connectivity index (χ0n) is 17.5. The third-order valence-electron chi connectivity index (χ3n) is 6.41. The first-order valence-corrected chi connectivity index (χ1v) is 18.1. The number of carbonyl (C=O) groups is 2. The minimum absolute atomic E-state index is 0.148. The third-order valence-corrected chi connectivity index (χ3v) is 24.0. The van der Waals surface area contributed by atoms with Gasteiger partial charge < -0.3 is 0 Å². The van der Waals surface area contributed by atoms with Crippen molar-refractivity contribution in [1.29, 1.82) is 0 Å². The van der Waals surface area contributed by atoms with Crippen LogP contribution < -0.4 is 0 Å². The second-order valence-electron chi connectivity index (χ2n) is 8.73. The van der Waals surface area contributed by atoms with E-state index in [1.807, 2.05) is 13.8 Å². The number of rotatable bonds is 11. The molecule has 4 heteroatoms. The molecule has 0 spiro atoms. The van der Waals surface area contributed by atoms with Crippen molar-refractivity contribution >= 4 is 30.1 Å². The predicted octanol–water partition coefficient (Wildman–Crippen LogP) is 5.99. The molecule has 1 saturated carbocycles. The molecule has 0 amide bonds. The van der Waals surface area contributed by atoms with Crippen molar-refractivity contribution in [1.82, 2.24) is 0 Å². The Bertz CT molecular complexity index is 423. The molecule has 0 bridgehead atoms. The van der Waals surface area contributed by atoms with Crippen LogP contribution in [0.15, 0.2) is 0 Å². The van der Waals surface area contributed by atoms with Crippen LogP contribution in [0.25, 0.3) is 0 Å². The van der Waals surface area contributed by atoms with Crippen LogP contribution in [0.3, 0.4) is 0 Å². The number of unbranched alkanes of at least 4 members (excludes halogenated alkanes) is 3. The van der Waals surface area contributed by atoms with Gasteiger partial charge in [-0.25, -0.2) is 0 Å². The molecule has 1 rings (SSSR count). The normalized spacial score (nSPS) is 23.0. The average molecular weight is 459 g/mol. The number of hydrogen-bond acceptors (Lipinski definition) is 3. The summed E-state index contributed by atoms with van der Waals surface area (Å²) in [7, 11) is 1.44. The fourth-order valence-corrected chi connectivity index (χ4v) is 24.8. The predicted molar refractivity (Wildman–Crippen MR) is 108 cm³/mol. The molecule has 0 aromatic rings. The SMILES string of the molecule is CCC[CH2][Sn]([CH2]CCC)([CH2]CCC)[CH]1CC(C)(C)C(=O)C1C(=O)OC. The van der Waals surface area contributed by atoms with Gasteiger partial charge in [-0.1, -0.05) is 0 Å². The average Bonchev–Trinajstić information content (AvgIpc) is 2.84. The van der Waals surface area contributed by atoms with Gasteiger partial charge in [0.25, 0.3) is 0 Å². The Labute approximate surface area is 159 Å². The molecule has 1 aliphatic carbocycles. The zero-order valence-corrected chi connectivity index (χ0v) is 20.3. The maximum absolute atomic E-state index is 13.0. The summed E-state index contributed by atoms with van der Waals surface area (Å²) in [4.78, 5) is 25.6. The molecular weight excluding hydrogens is 419 g/mol. The quantitative estimate of drug-likeness (QED) is 0.217. The Morgan fingerprint density at radius 3 is 1.84 bits per heavy atom. The van der Waals surface area contributed by atoms with Gasteiger partial charge >= 0.3 is 160 Å². The molecule has 1 aliphatic rings. The first-order valence-electron chi connectivity index (χ1n) is 10.4. The maximum atomic E-state index is 13.0. The summed E-state index contributed by atoms with van der Waals surface area (Å²) in [5.74, 6) is -0.581. The number of ether oxygens (including phenoxy) is 1. The summed E-state index contributed by atoms with van der Waals surface area (Å²) >= 11 is -2.65. The Hall–Kier alpha value is -0.0613. The van der Waals surface area contributed by atoms with Crippen molar-refractivity contribution in [2.75, 3.05) is 7.11 Å². The second kappa shape index (κ2) is 10.3. The van der Waals surface area contributed by atoms with E-state index in [9.17, 15) is 9.59 Å². The van der Waals surface area contributed by atoms with Crippen LogP contribution in [-0.2, 0) is 14.3 Å². The van der Waals surface area contributed by atoms with Crippen LogP contribution in [0, 0.1) is 11.3 Å². The zero-order chi connectivity index (χ0) is 19.1. The number of carbonyl (C=O) groups excluding carboxylic acids is 2. The van der Waals surface area contributed by atoms with Crippen LogP contribution in [0.2, 0.25) is 17.2 Å². The third kappa shape index (κ3) is 5.46. The summed E-state index contributed by atoms with van der Waals surface area (Å²) < 4.78 is 9.47. The van der Waals surface area contributed by atoms with E-state index >= 15 is 0 Å². The van der Waals surface area contributed by atoms with Gasteiger partial charge in [-0.2, -0.15) is 0 Å². The van der Waals surface area contributed by atoms with Crippen molar-refractivity contribution in [3.8, 4) is 0 Å². The van der Waals surface area contributed by atoms with Gasteiger partial charge in [0, 0.05) is 0 Å². The summed E-state index contributed by atoms with van der Waals surface area (Å²) in [5.41, 5.74) is -0.365. The number of esters is 1. The Balaban J connectivity index is 3.30. The van der Waals surface area contributed by atoms with Crippen molar-refractivity contribution < 1.29 is 14.3 Å². The van der Waals surface area contributed by atoms with E-state index < -0.39 is 24.3 Å². The van der Waals surface area contributed by atoms with E-state index in [1.165, 1.54) is 58.9 Å². The van der Waals surface area contributed by atoms with Gasteiger partial charge in [-0.05, 0) is 0 Å². The first kappa shape index (κ1) is 23.0. The fourth-order valence-electron chi connectivity index (χ4n) is 4.86. The van der Waals surface area contributed by atoms with Gasteiger partial charge in [0.2, 0.25) is 0 Å². The van der Waals surface area contributed by atoms with E-state index in [0.717, 1.165) is 6.42 Å². The Morgan fingerprint density at radius 1 is 1.04 bits per heavy atom. The number of methoxy groups -OCH3 is 1. The van der Waals surface area contributed by atoms with E-state index in [2.05, 4.69) is 20.8 Å². The van der Waals surface area contributed by atoms with Gasteiger partial charge in [0.05, 0.1) is 0 Å². The second-order valence-corrected chi connectivity index (χ2v) is 22.9. The number of hydrogen-bond donors (Lipinski definition) is 0. The molecule has 0 aromatic heterocycles. The molecule has 0 N–H and O–H groups in total. The van der Waals surface area contributed by atoms with Gasteiger partial charge in [0.15, 0.2) is 0 Å². The minimum atomic E-state index is -2.65. The molecule has 0 heterocycles. The molecular formula is C21H40O3Sn. The van der Waals surface area contributed by atoms with Crippen molar-refractivity contribution in [3.63, 3.8) is 0 Å². The molecule has 0 radical (unpaired) electrons. The Kier molecular flexibility index (Phi) is 9.48. The van der Waals surface area contributed by atoms with Crippen molar-refractivity contribution in [2.24, 2.45) is 11.3 Å². The Morgan fingerprint density at radius 2 is 1.48 bits per heavy atom. The van der Waals surface area contributed by atoms with E-state index in [1.54, 1.807) is 0 Å². The summed E-state index contributed by atoms with van der Waals surface area (Å²) in [6.45, 7) is 10.9. The van der Waals surface area contributed by atoms with Gasteiger partial charge in [-0.3, -0.25) is 0 Å². The summed E-state index contributed by atoms with van der Waals surface area (Å²) in [6.07, 6.45) is 8.35. The van der Waals surface area contributed by atoms with Crippen LogP contribution in [0.4, 0.5) is 0 Å². The molecule has 25 heavy (non-hydrogen) atoms. The summed E-state index contributed by atoms with van der Waals surface area (Å²) in [6, 6.07) is 0. The summed E-state index contributed by atoms with van der Waals surface area (Å²) in [5, 5.41) is 0. The van der Waals surface area contributed by atoms with Crippen LogP contribution in [0.1, 0.15) is 79.6 Å². The van der Waals surface area contributed by atoms with Crippen LogP contribution in [0.5, 0.6) is 0 Å². The molecule has 0 aromatic carbocycles. The van der Waals surface area contributed by atoms with Gasteiger partial charge in [0.1, 0.15) is 0 Å². The first-order chi connectivity index (χ1) is 11.8. The van der Waals surface area contributed by atoms with Crippen molar-refractivity contribution in [2.45, 2.75) is 96.8 Å². The molecule has 0 aliphatic heterocycles. The molecule has 146 valence electrons. The van der Waals surface area contributed by atoms with Crippen LogP contribution in [-0.4, -0.2) is 37.2 Å². The topological polar surface area (TPSA) is 43.4 Å². The molecule has 2 atom stereocenters. The molecule has 3 nitrogen and oxygen atoms in total. The van der Waals surface area contributed by atoms with E-state index in [4.69, 9.17) is 4.74 Å². The number of Topliss-reactive ketones (excluding diaryl/α,β-unsaturated/α-hetero) is 1. The number of ketones is 1. The molecule has 1 fully saturated rings. The molecule has 2 unspecified atom stereocenters. The van der Waals surface area contributed by atoms with E-state index in [-0.39, 0.29) is 17.2 Å². The standard InChI is InChI=1S/C9H13O3.3C4H9.Sn/c1-9(2)5-4-6(7(9)10)8(11)12-3;3*1-3-4-2;/h4,6H,5H2,1-3H3;3*1,3-4H2,2H3;. The monoisotopic (exact) mass is 460 g/mol. The molecule has 0 saturated heterocycles. The van der Waals surface area contributed by atoms with Crippen LogP contribution >= 0.6 is 0 Å². The van der Waals surface area contributed by atoms with Gasteiger partial charge in [-0.15, -0.1) is 0 Å². The van der Waals surface area contributed by atoms with Crippen molar-refractivity contribution in [3.05, 3.63) is 0 Å².